The van der Waals surface area contributed by atoms with Crippen LogP contribution in [-0.2, 0) is 10.5 Å². The molecule has 1 amide bonds. The highest BCUT2D eigenvalue weighted by Gasteiger charge is 2.31. The van der Waals surface area contributed by atoms with E-state index in [0.29, 0.717) is 11.3 Å². The summed E-state index contributed by atoms with van der Waals surface area (Å²) in [5.41, 5.74) is 5.41. The smallest absolute Gasteiger partial charge is 0.222 e. The van der Waals surface area contributed by atoms with Crippen LogP contribution in [0, 0.1) is 6.92 Å². The number of carbonyl (C=O) groups excluding carboxylic acids is 1. The molecule has 1 aromatic rings. The molecular weight excluding hydrogens is 232 g/mol. The van der Waals surface area contributed by atoms with Gasteiger partial charge in [0.25, 0.3) is 0 Å². The van der Waals surface area contributed by atoms with E-state index in [0.717, 1.165) is 5.56 Å². The zero-order valence-corrected chi connectivity index (χ0v) is 11.0. The molecule has 5 nitrogen and oxygen atoms in total. The Morgan fingerprint density at radius 1 is 1.56 bits per heavy atom. The summed E-state index contributed by atoms with van der Waals surface area (Å²) < 4.78 is 5.12. The first-order chi connectivity index (χ1) is 8.46. The zero-order valence-electron chi connectivity index (χ0n) is 11.0. The number of carbonyl (C=O) groups is 1. The molecule has 0 spiro atoms. The van der Waals surface area contributed by atoms with Gasteiger partial charge >= 0.3 is 0 Å². The summed E-state index contributed by atoms with van der Waals surface area (Å²) in [6, 6.07) is 5.28. The van der Waals surface area contributed by atoms with Crippen LogP contribution in [-0.4, -0.2) is 24.7 Å². The third-order valence-corrected chi connectivity index (χ3v) is 2.85. The maximum Gasteiger partial charge on any atom is 0.222 e. The largest absolute Gasteiger partial charge is 0.497 e. The number of nitrogens with one attached hydrogen (secondary N) is 1. The number of benzene rings is 1. The van der Waals surface area contributed by atoms with Crippen LogP contribution in [0.3, 0.4) is 0 Å². The van der Waals surface area contributed by atoms with Gasteiger partial charge in [-0.1, -0.05) is 13.0 Å². The Morgan fingerprint density at radius 3 is 2.72 bits per heavy atom. The molecular formula is C13H20N2O3. The molecule has 1 atom stereocenters. The Kier molecular flexibility index (Phi) is 4.69. The Balaban J connectivity index is 3.17. The minimum absolute atomic E-state index is 0.104. The third kappa shape index (κ3) is 3.00. The molecule has 0 saturated heterocycles. The molecule has 0 aromatic heterocycles. The Hall–Kier alpha value is -1.59. The molecule has 5 heteroatoms. The predicted molar refractivity (Wildman–Crippen MR) is 69.1 cm³/mol. The zero-order chi connectivity index (χ0) is 13.8. The average Bonchev–Trinajstić information content (AvgIpc) is 2.38. The number of rotatable bonds is 5. The molecule has 0 aliphatic carbocycles. The van der Waals surface area contributed by atoms with Gasteiger partial charge in [0.05, 0.1) is 7.11 Å². The van der Waals surface area contributed by atoms with Crippen LogP contribution in [0.1, 0.15) is 24.5 Å². The number of amides is 1. The van der Waals surface area contributed by atoms with E-state index >= 15 is 0 Å². The van der Waals surface area contributed by atoms with E-state index in [-0.39, 0.29) is 18.9 Å². The van der Waals surface area contributed by atoms with Crippen LogP contribution in [0.5, 0.6) is 5.75 Å². The summed E-state index contributed by atoms with van der Waals surface area (Å²) >= 11 is 0. The van der Waals surface area contributed by atoms with Gasteiger partial charge in [-0.05, 0) is 24.6 Å². The number of hydrogen-bond donors (Lipinski definition) is 3. The summed E-state index contributed by atoms with van der Waals surface area (Å²) in [7, 11) is 1.54. The number of methoxy groups -OCH3 is 1. The molecule has 0 bridgehead atoms. The average molecular weight is 252 g/mol. The van der Waals surface area contributed by atoms with Gasteiger partial charge in [-0.3, -0.25) is 4.79 Å². The van der Waals surface area contributed by atoms with Crippen LogP contribution in [0.2, 0.25) is 0 Å². The highest BCUT2D eigenvalue weighted by molar-refractivity contribution is 5.76. The van der Waals surface area contributed by atoms with Gasteiger partial charge in [-0.25, -0.2) is 0 Å². The van der Waals surface area contributed by atoms with E-state index in [1.54, 1.807) is 26.2 Å². The standard InChI is InChI=1S/C13H20N2O3/c1-4-12(16)15-13(17,8-14)11-7-10(18-3)6-5-9(11)2/h5-7,17H,4,8,14H2,1-3H3,(H,15,16)/t13-/m0/s1. The fraction of sp³-hybridized carbons (Fsp3) is 0.462. The minimum atomic E-state index is -1.56. The monoisotopic (exact) mass is 252 g/mol. The quantitative estimate of drug-likeness (QED) is 0.671. The van der Waals surface area contributed by atoms with Gasteiger partial charge in [-0.2, -0.15) is 0 Å². The Labute approximate surface area is 107 Å². The van der Waals surface area contributed by atoms with Gasteiger partial charge in [0.15, 0.2) is 5.72 Å². The predicted octanol–water partition coefficient (Wildman–Crippen LogP) is 0.634. The lowest BCUT2D eigenvalue weighted by Crippen LogP contribution is -2.51. The van der Waals surface area contributed by atoms with Gasteiger partial charge in [0, 0.05) is 18.5 Å². The number of nitrogens with two attached hydrogens (primary N) is 1. The molecule has 4 N–H and O–H groups in total. The lowest BCUT2D eigenvalue weighted by atomic mass is 9.97. The molecule has 1 aromatic carbocycles. The van der Waals surface area contributed by atoms with E-state index in [1.807, 2.05) is 13.0 Å². The van der Waals surface area contributed by atoms with Crippen molar-refractivity contribution in [1.82, 2.24) is 5.32 Å². The number of aliphatic hydroxyl groups is 1. The summed E-state index contributed by atoms with van der Waals surface area (Å²) in [5, 5.41) is 13.0. The lowest BCUT2D eigenvalue weighted by Gasteiger charge is -2.30. The summed E-state index contributed by atoms with van der Waals surface area (Å²) in [5.74, 6) is 0.346. The van der Waals surface area contributed by atoms with Gasteiger partial charge in [-0.15, -0.1) is 0 Å². The molecule has 0 aliphatic rings. The maximum absolute atomic E-state index is 11.5. The topological polar surface area (TPSA) is 84.6 Å². The van der Waals surface area contributed by atoms with Crippen LogP contribution < -0.4 is 15.8 Å². The normalized spacial score (nSPS) is 13.8. The summed E-state index contributed by atoms with van der Waals surface area (Å²) in [6.07, 6.45) is 0.283. The van der Waals surface area contributed by atoms with Crippen LogP contribution in [0.15, 0.2) is 18.2 Å². The molecule has 0 radical (unpaired) electrons. The molecule has 1 rings (SSSR count). The molecule has 0 heterocycles. The summed E-state index contributed by atoms with van der Waals surface area (Å²) in [4.78, 5) is 11.5. The van der Waals surface area contributed by atoms with Gasteiger partial charge < -0.3 is 20.9 Å². The van der Waals surface area contributed by atoms with E-state index in [9.17, 15) is 9.90 Å². The van der Waals surface area contributed by atoms with Crippen molar-refractivity contribution in [3.05, 3.63) is 29.3 Å². The summed E-state index contributed by atoms with van der Waals surface area (Å²) in [6.45, 7) is 3.45. The van der Waals surface area contributed by atoms with Crippen molar-refractivity contribution in [2.45, 2.75) is 26.0 Å². The second-order valence-corrected chi connectivity index (χ2v) is 4.15. The van der Waals surface area contributed by atoms with Crippen molar-refractivity contribution in [2.24, 2.45) is 5.73 Å². The first kappa shape index (κ1) is 14.5. The van der Waals surface area contributed by atoms with Crippen molar-refractivity contribution in [3.63, 3.8) is 0 Å². The van der Waals surface area contributed by atoms with Crippen LogP contribution >= 0.6 is 0 Å². The highest BCUT2D eigenvalue weighted by atomic mass is 16.5. The molecule has 18 heavy (non-hydrogen) atoms. The van der Waals surface area contributed by atoms with Crippen LogP contribution in [0.25, 0.3) is 0 Å². The Morgan fingerprint density at radius 2 is 2.22 bits per heavy atom. The lowest BCUT2D eigenvalue weighted by molar-refractivity contribution is -0.128. The minimum Gasteiger partial charge on any atom is -0.497 e. The van der Waals surface area contributed by atoms with Gasteiger partial charge in [0.2, 0.25) is 5.91 Å². The second kappa shape index (κ2) is 5.84. The maximum atomic E-state index is 11.5. The van der Waals surface area contributed by atoms with E-state index < -0.39 is 5.72 Å². The molecule has 100 valence electrons. The van der Waals surface area contributed by atoms with Crippen molar-refractivity contribution in [2.75, 3.05) is 13.7 Å². The molecule has 0 aliphatic heterocycles. The molecule has 0 fully saturated rings. The fourth-order valence-electron chi connectivity index (χ4n) is 1.72. The second-order valence-electron chi connectivity index (χ2n) is 4.15. The van der Waals surface area contributed by atoms with Crippen LogP contribution in [0.4, 0.5) is 0 Å². The van der Waals surface area contributed by atoms with Crippen molar-refractivity contribution in [3.8, 4) is 5.75 Å². The highest BCUT2D eigenvalue weighted by Crippen LogP contribution is 2.25. The van der Waals surface area contributed by atoms with Crippen molar-refractivity contribution < 1.29 is 14.6 Å². The molecule has 0 saturated carbocycles. The van der Waals surface area contributed by atoms with Gasteiger partial charge in [0.1, 0.15) is 5.75 Å². The SMILES string of the molecule is CCC(=O)N[C@](O)(CN)c1cc(OC)ccc1C. The number of hydrogen-bond acceptors (Lipinski definition) is 4. The number of aryl methyl sites for hydroxylation is 1. The first-order valence-electron chi connectivity index (χ1n) is 5.85. The van der Waals surface area contributed by atoms with Crippen molar-refractivity contribution >= 4 is 5.91 Å². The fourth-order valence-corrected chi connectivity index (χ4v) is 1.72. The van der Waals surface area contributed by atoms with Crippen molar-refractivity contribution in [1.29, 1.82) is 0 Å². The Bertz CT molecular complexity index is 434. The van der Waals surface area contributed by atoms with E-state index in [4.69, 9.17) is 10.5 Å². The third-order valence-electron chi connectivity index (χ3n) is 2.85. The van der Waals surface area contributed by atoms with E-state index in [2.05, 4.69) is 5.32 Å². The van der Waals surface area contributed by atoms with E-state index in [1.165, 1.54) is 0 Å². The molecule has 0 unspecified atom stereocenters. The number of ether oxygens (including phenoxy) is 1. The first-order valence-corrected chi connectivity index (χ1v) is 5.85.